The van der Waals surface area contributed by atoms with Gasteiger partial charge in [0.25, 0.3) is 0 Å². The maximum absolute atomic E-state index is 12.5. The predicted octanol–water partition coefficient (Wildman–Crippen LogP) is 4.41. The molecule has 5 heteroatoms. The number of benzene rings is 2. The number of ether oxygens (including phenoxy) is 1. The fraction of sp³-hybridized carbons (Fsp3) is 0.318. The zero-order valence-electron chi connectivity index (χ0n) is 15.8. The number of hydrogen-bond donors (Lipinski definition) is 0. The van der Waals surface area contributed by atoms with Gasteiger partial charge in [-0.05, 0) is 55.3 Å². The number of carbonyl (C=O) groups is 1. The van der Waals surface area contributed by atoms with Crippen LogP contribution in [0.15, 0.2) is 48.5 Å². The Morgan fingerprint density at radius 1 is 1.11 bits per heavy atom. The van der Waals surface area contributed by atoms with Crippen LogP contribution < -0.4 is 9.64 Å². The lowest BCUT2D eigenvalue weighted by molar-refractivity contribution is -0.126. The van der Waals surface area contributed by atoms with E-state index in [-0.39, 0.29) is 5.91 Å². The second-order valence-corrected chi connectivity index (χ2v) is 7.01. The monoisotopic (exact) mass is 384 g/mol. The average Bonchev–Trinajstić information content (AvgIpc) is 2.69. The lowest BCUT2D eigenvalue weighted by Crippen LogP contribution is -2.48. The molecule has 0 radical (unpaired) electrons. The minimum Gasteiger partial charge on any atom is -0.494 e. The van der Waals surface area contributed by atoms with Crippen molar-refractivity contribution < 1.29 is 9.53 Å². The Morgan fingerprint density at radius 3 is 2.48 bits per heavy atom. The molecule has 2 aromatic rings. The molecular weight excluding hydrogens is 360 g/mol. The van der Waals surface area contributed by atoms with E-state index in [0.29, 0.717) is 19.7 Å². The van der Waals surface area contributed by atoms with Gasteiger partial charge in [0, 0.05) is 43.0 Å². The molecule has 1 amide bonds. The zero-order chi connectivity index (χ0) is 19.2. The Hall–Kier alpha value is -2.46. The first kappa shape index (κ1) is 19.3. The van der Waals surface area contributed by atoms with Gasteiger partial charge >= 0.3 is 0 Å². The number of anilines is 1. The largest absolute Gasteiger partial charge is 0.494 e. The molecule has 0 atom stereocenters. The second kappa shape index (κ2) is 8.96. The van der Waals surface area contributed by atoms with E-state index < -0.39 is 0 Å². The van der Waals surface area contributed by atoms with Crippen LogP contribution in [0.2, 0.25) is 5.02 Å². The zero-order valence-corrected chi connectivity index (χ0v) is 16.6. The van der Waals surface area contributed by atoms with E-state index in [9.17, 15) is 4.79 Å². The third-order valence-electron chi connectivity index (χ3n) is 4.71. The predicted molar refractivity (Wildman–Crippen MR) is 112 cm³/mol. The minimum atomic E-state index is 0.0475. The number of carbonyl (C=O) groups excluding carboxylic acids is 1. The lowest BCUT2D eigenvalue weighted by Gasteiger charge is -2.36. The van der Waals surface area contributed by atoms with Crippen LogP contribution in [-0.2, 0) is 4.79 Å². The van der Waals surface area contributed by atoms with Gasteiger partial charge in [0.2, 0.25) is 5.91 Å². The first-order valence-electron chi connectivity index (χ1n) is 9.28. The number of halogens is 1. The highest BCUT2D eigenvalue weighted by Crippen LogP contribution is 2.25. The minimum absolute atomic E-state index is 0.0475. The number of hydrogen-bond acceptors (Lipinski definition) is 3. The maximum Gasteiger partial charge on any atom is 0.246 e. The van der Waals surface area contributed by atoms with Crippen molar-refractivity contribution in [3.05, 3.63) is 64.7 Å². The highest BCUT2D eigenvalue weighted by Gasteiger charge is 2.20. The fourth-order valence-corrected chi connectivity index (χ4v) is 3.37. The Kier molecular flexibility index (Phi) is 6.40. The van der Waals surface area contributed by atoms with Gasteiger partial charge in [0.05, 0.1) is 6.61 Å². The van der Waals surface area contributed by atoms with Crippen molar-refractivity contribution in [2.24, 2.45) is 0 Å². The van der Waals surface area contributed by atoms with E-state index in [1.54, 1.807) is 6.08 Å². The molecule has 142 valence electrons. The number of rotatable bonds is 5. The van der Waals surface area contributed by atoms with Crippen LogP contribution in [0.5, 0.6) is 5.75 Å². The molecule has 1 aliphatic heterocycles. The van der Waals surface area contributed by atoms with Gasteiger partial charge in [0.1, 0.15) is 5.75 Å². The molecule has 4 nitrogen and oxygen atoms in total. The van der Waals surface area contributed by atoms with Crippen LogP contribution in [-0.4, -0.2) is 43.6 Å². The SMILES string of the molecule is CCOc1ccc(/C=C/C(=O)N2CCN(c3cc(Cl)ccc3C)CC2)cc1. The van der Waals surface area contributed by atoms with Gasteiger partial charge in [-0.15, -0.1) is 0 Å². The number of amides is 1. The van der Waals surface area contributed by atoms with Crippen LogP contribution in [0, 0.1) is 6.92 Å². The van der Waals surface area contributed by atoms with E-state index in [1.807, 2.05) is 60.4 Å². The molecule has 0 bridgehead atoms. The summed E-state index contributed by atoms with van der Waals surface area (Å²) in [5.74, 6) is 0.889. The Bertz CT molecular complexity index is 810. The van der Waals surface area contributed by atoms with Crippen LogP contribution >= 0.6 is 11.6 Å². The topological polar surface area (TPSA) is 32.8 Å². The molecule has 0 aliphatic carbocycles. The number of nitrogens with zero attached hydrogens (tertiary/aromatic N) is 2. The molecule has 1 aliphatic rings. The van der Waals surface area contributed by atoms with Crippen LogP contribution in [0.25, 0.3) is 6.08 Å². The van der Waals surface area contributed by atoms with Gasteiger partial charge < -0.3 is 14.5 Å². The third-order valence-corrected chi connectivity index (χ3v) is 4.95. The smallest absolute Gasteiger partial charge is 0.246 e. The summed E-state index contributed by atoms with van der Waals surface area (Å²) in [5, 5.41) is 0.743. The highest BCUT2D eigenvalue weighted by atomic mass is 35.5. The molecule has 27 heavy (non-hydrogen) atoms. The molecule has 1 heterocycles. The first-order chi connectivity index (χ1) is 13.1. The van der Waals surface area contributed by atoms with Crippen LogP contribution in [0.4, 0.5) is 5.69 Å². The summed E-state index contributed by atoms with van der Waals surface area (Å²) in [4.78, 5) is 16.7. The van der Waals surface area contributed by atoms with Gasteiger partial charge in [-0.25, -0.2) is 0 Å². The van der Waals surface area contributed by atoms with E-state index >= 15 is 0 Å². The summed E-state index contributed by atoms with van der Waals surface area (Å²) in [6.45, 7) is 7.72. The van der Waals surface area contributed by atoms with Crippen molar-refractivity contribution in [2.75, 3.05) is 37.7 Å². The fourth-order valence-electron chi connectivity index (χ4n) is 3.21. The quantitative estimate of drug-likeness (QED) is 0.716. The van der Waals surface area contributed by atoms with Crippen molar-refractivity contribution in [3.63, 3.8) is 0 Å². The summed E-state index contributed by atoms with van der Waals surface area (Å²) in [6, 6.07) is 13.7. The Morgan fingerprint density at radius 2 is 1.81 bits per heavy atom. The standard InChI is InChI=1S/C22H25ClN2O2/c1-3-27-20-9-5-18(6-10-20)7-11-22(26)25-14-12-24(13-15-25)21-16-19(23)8-4-17(21)2/h4-11,16H,3,12-15H2,1-2H3/b11-7+. The summed E-state index contributed by atoms with van der Waals surface area (Å²) < 4.78 is 5.43. The number of piperazine rings is 1. The normalized spacial score (nSPS) is 14.6. The van der Waals surface area contributed by atoms with Crippen molar-refractivity contribution >= 4 is 29.3 Å². The maximum atomic E-state index is 12.5. The van der Waals surface area contributed by atoms with Crippen molar-refractivity contribution in [2.45, 2.75) is 13.8 Å². The van der Waals surface area contributed by atoms with Gasteiger partial charge in [-0.2, -0.15) is 0 Å². The van der Waals surface area contributed by atoms with Gasteiger partial charge in [-0.3, -0.25) is 4.79 Å². The average molecular weight is 385 g/mol. The van der Waals surface area contributed by atoms with Gasteiger partial charge in [0.15, 0.2) is 0 Å². The van der Waals surface area contributed by atoms with Gasteiger partial charge in [-0.1, -0.05) is 29.8 Å². The second-order valence-electron chi connectivity index (χ2n) is 6.58. The molecule has 2 aromatic carbocycles. The first-order valence-corrected chi connectivity index (χ1v) is 9.65. The molecule has 3 rings (SSSR count). The van der Waals surface area contributed by atoms with E-state index in [1.165, 1.54) is 5.56 Å². The molecular formula is C22H25ClN2O2. The molecule has 0 aromatic heterocycles. The highest BCUT2D eigenvalue weighted by molar-refractivity contribution is 6.30. The molecule has 1 fully saturated rings. The molecule has 0 spiro atoms. The number of aryl methyl sites for hydroxylation is 1. The van der Waals surface area contributed by atoms with E-state index in [0.717, 1.165) is 35.1 Å². The lowest BCUT2D eigenvalue weighted by atomic mass is 10.1. The van der Waals surface area contributed by atoms with E-state index in [4.69, 9.17) is 16.3 Å². The van der Waals surface area contributed by atoms with Crippen molar-refractivity contribution in [1.29, 1.82) is 0 Å². The van der Waals surface area contributed by atoms with Crippen molar-refractivity contribution in [3.8, 4) is 5.75 Å². The Balaban J connectivity index is 1.56. The van der Waals surface area contributed by atoms with Crippen molar-refractivity contribution in [1.82, 2.24) is 4.90 Å². The molecule has 0 N–H and O–H groups in total. The molecule has 1 saturated heterocycles. The summed E-state index contributed by atoms with van der Waals surface area (Å²) in [6.07, 6.45) is 3.50. The van der Waals surface area contributed by atoms with Crippen LogP contribution in [0.3, 0.4) is 0 Å². The molecule has 0 saturated carbocycles. The third kappa shape index (κ3) is 5.04. The Labute approximate surface area is 166 Å². The summed E-state index contributed by atoms with van der Waals surface area (Å²) in [7, 11) is 0. The summed E-state index contributed by atoms with van der Waals surface area (Å²) >= 11 is 6.13. The van der Waals surface area contributed by atoms with E-state index in [2.05, 4.69) is 11.8 Å². The summed E-state index contributed by atoms with van der Waals surface area (Å²) in [5.41, 5.74) is 3.34. The van der Waals surface area contributed by atoms with Crippen LogP contribution in [0.1, 0.15) is 18.1 Å². The molecule has 0 unspecified atom stereocenters.